The van der Waals surface area contributed by atoms with Crippen LogP contribution in [0.2, 0.25) is 0 Å². The first-order valence-electron chi connectivity index (χ1n) is 7.57. The molecule has 2 rings (SSSR count). The molecular formula is C17H28N2. The maximum absolute atomic E-state index is 6.48. The molecule has 2 N–H and O–H groups in total. The second-order valence-electron chi connectivity index (χ2n) is 6.29. The third kappa shape index (κ3) is 3.37. The molecule has 0 amide bonds. The first-order valence-corrected chi connectivity index (χ1v) is 7.57. The molecule has 0 aliphatic carbocycles. The first kappa shape index (κ1) is 14.5. The number of hydrogen-bond acceptors (Lipinski definition) is 2. The molecule has 0 bridgehead atoms. The Morgan fingerprint density at radius 3 is 2.47 bits per heavy atom. The van der Waals surface area contributed by atoms with E-state index < -0.39 is 0 Å². The number of aryl methyl sites for hydroxylation is 2. The Hall–Kier alpha value is -0.860. The summed E-state index contributed by atoms with van der Waals surface area (Å²) in [6.45, 7) is 9.96. The van der Waals surface area contributed by atoms with Gasteiger partial charge in [0, 0.05) is 24.7 Å². The smallest absolute Gasteiger partial charge is 0.0427 e. The second kappa shape index (κ2) is 6.06. The zero-order valence-electron chi connectivity index (χ0n) is 12.8. The van der Waals surface area contributed by atoms with Crippen molar-refractivity contribution in [2.75, 3.05) is 6.54 Å². The van der Waals surface area contributed by atoms with Gasteiger partial charge in [-0.25, -0.2) is 0 Å². The molecule has 3 unspecified atom stereocenters. The fraction of sp³-hybridized carbons (Fsp3) is 0.647. The van der Waals surface area contributed by atoms with Crippen LogP contribution in [0.25, 0.3) is 0 Å². The molecule has 1 aliphatic rings. The van der Waals surface area contributed by atoms with Gasteiger partial charge in [-0.2, -0.15) is 0 Å². The highest BCUT2D eigenvalue weighted by molar-refractivity contribution is 5.33. The summed E-state index contributed by atoms with van der Waals surface area (Å²) in [6.07, 6.45) is 3.98. The van der Waals surface area contributed by atoms with Gasteiger partial charge in [0.15, 0.2) is 0 Å². The van der Waals surface area contributed by atoms with Gasteiger partial charge in [0.1, 0.15) is 0 Å². The highest BCUT2D eigenvalue weighted by Gasteiger charge is 2.26. The van der Waals surface area contributed by atoms with E-state index in [0.717, 1.165) is 6.54 Å². The van der Waals surface area contributed by atoms with Crippen LogP contribution in [-0.2, 0) is 0 Å². The summed E-state index contributed by atoms with van der Waals surface area (Å²) in [5, 5.41) is 0. The Morgan fingerprint density at radius 2 is 1.84 bits per heavy atom. The van der Waals surface area contributed by atoms with Crippen molar-refractivity contribution in [1.29, 1.82) is 0 Å². The fourth-order valence-electron chi connectivity index (χ4n) is 3.32. The standard InChI is InChI=1S/C17H28N2/c1-12-8-9-13(2)16(10-12)17(18)11-19-14(3)6-5-7-15(19)4/h8-10,14-15,17H,5-7,11,18H2,1-4H3. The summed E-state index contributed by atoms with van der Waals surface area (Å²) in [6, 6.07) is 8.06. The third-order valence-corrected chi connectivity index (χ3v) is 4.62. The van der Waals surface area contributed by atoms with Crippen molar-refractivity contribution >= 4 is 0 Å². The molecule has 1 heterocycles. The molecule has 1 aromatic carbocycles. The van der Waals surface area contributed by atoms with Crippen molar-refractivity contribution in [3.63, 3.8) is 0 Å². The van der Waals surface area contributed by atoms with Gasteiger partial charge in [-0.05, 0) is 51.7 Å². The number of nitrogens with zero attached hydrogens (tertiary/aromatic N) is 1. The van der Waals surface area contributed by atoms with Gasteiger partial charge in [-0.1, -0.05) is 30.2 Å². The van der Waals surface area contributed by atoms with Crippen molar-refractivity contribution in [3.8, 4) is 0 Å². The maximum Gasteiger partial charge on any atom is 0.0427 e. The zero-order chi connectivity index (χ0) is 14.0. The molecule has 106 valence electrons. The molecule has 0 spiro atoms. The van der Waals surface area contributed by atoms with E-state index in [1.807, 2.05) is 0 Å². The Labute approximate surface area is 118 Å². The summed E-state index contributed by atoms with van der Waals surface area (Å²) >= 11 is 0. The molecule has 1 saturated heterocycles. The van der Waals surface area contributed by atoms with Gasteiger partial charge < -0.3 is 5.73 Å². The predicted molar refractivity (Wildman–Crippen MR) is 82.3 cm³/mol. The number of rotatable bonds is 3. The molecule has 0 radical (unpaired) electrons. The van der Waals surface area contributed by atoms with E-state index in [-0.39, 0.29) is 6.04 Å². The molecule has 2 nitrogen and oxygen atoms in total. The predicted octanol–water partition coefficient (Wildman–Crippen LogP) is 3.57. The lowest BCUT2D eigenvalue weighted by Gasteiger charge is -2.40. The van der Waals surface area contributed by atoms with E-state index in [4.69, 9.17) is 5.73 Å². The van der Waals surface area contributed by atoms with Crippen molar-refractivity contribution in [3.05, 3.63) is 34.9 Å². The maximum atomic E-state index is 6.48. The van der Waals surface area contributed by atoms with Crippen LogP contribution in [0, 0.1) is 13.8 Å². The van der Waals surface area contributed by atoms with Crippen molar-refractivity contribution in [1.82, 2.24) is 4.90 Å². The summed E-state index contributed by atoms with van der Waals surface area (Å²) in [5.74, 6) is 0. The summed E-state index contributed by atoms with van der Waals surface area (Å²) in [7, 11) is 0. The van der Waals surface area contributed by atoms with E-state index in [2.05, 4.69) is 50.8 Å². The molecular weight excluding hydrogens is 232 g/mol. The third-order valence-electron chi connectivity index (χ3n) is 4.62. The van der Waals surface area contributed by atoms with E-state index in [1.54, 1.807) is 0 Å². The van der Waals surface area contributed by atoms with E-state index in [9.17, 15) is 0 Å². The SMILES string of the molecule is Cc1ccc(C)c(C(N)CN2C(C)CCCC2C)c1. The lowest BCUT2D eigenvalue weighted by atomic mass is 9.94. The van der Waals surface area contributed by atoms with Gasteiger partial charge in [-0.3, -0.25) is 4.90 Å². The van der Waals surface area contributed by atoms with E-state index in [0.29, 0.717) is 12.1 Å². The molecule has 1 fully saturated rings. The molecule has 3 atom stereocenters. The summed E-state index contributed by atoms with van der Waals surface area (Å²) in [4.78, 5) is 2.59. The minimum Gasteiger partial charge on any atom is -0.323 e. The van der Waals surface area contributed by atoms with Crippen molar-refractivity contribution in [2.45, 2.75) is 65.1 Å². The quantitative estimate of drug-likeness (QED) is 0.900. The van der Waals surface area contributed by atoms with Crippen LogP contribution in [-0.4, -0.2) is 23.5 Å². The highest BCUT2D eigenvalue weighted by Crippen LogP contribution is 2.26. The van der Waals surface area contributed by atoms with Gasteiger partial charge in [0.25, 0.3) is 0 Å². The molecule has 19 heavy (non-hydrogen) atoms. The van der Waals surface area contributed by atoms with Crippen molar-refractivity contribution < 1.29 is 0 Å². The summed E-state index contributed by atoms with van der Waals surface area (Å²) in [5.41, 5.74) is 10.4. The minimum absolute atomic E-state index is 0.128. The monoisotopic (exact) mass is 260 g/mol. The number of piperidine rings is 1. The first-order chi connectivity index (χ1) is 8.99. The Kier molecular flexibility index (Phi) is 4.64. The van der Waals surface area contributed by atoms with Crippen LogP contribution in [0.4, 0.5) is 0 Å². The van der Waals surface area contributed by atoms with Crippen LogP contribution >= 0.6 is 0 Å². The van der Waals surface area contributed by atoms with Crippen LogP contribution < -0.4 is 5.73 Å². The van der Waals surface area contributed by atoms with Crippen LogP contribution in [0.3, 0.4) is 0 Å². The molecule has 0 aromatic heterocycles. The number of nitrogens with two attached hydrogens (primary N) is 1. The van der Waals surface area contributed by atoms with Gasteiger partial charge in [0.2, 0.25) is 0 Å². The molecule has 1 aliphatic heterocycles. The van der Waals surface area contributed by atoms with Gasteiger partial charge >= 0.3 is 0 Å². The van der Waals surface area contributed by atoms with E-state index in [1.165, 1.54) is 36.0 Å². The highest BCUT2D eigenvalue weighted by atomic mass is 15.2. The number of hydrogen-bond donors (Lipinski definition) is 1. The topological polar surface area (TPSA) is 29.3 Å². The van der Waals surface area contributed by atoms with Gasteiger partial charge in [0.05, 0.1) is 0 Å². The lowest BCUT2D eigenvalue weighted by molar-refractivity contribution is 0.0961. The minimum atomic E-state index is 0.128. The van der Waals surface area contributed by atoms with Crippen molar-refractivity contribution in [2.24, 2.45) is 5.73 Å². The lowest BCUT2D eigenvalue weighted by Crippen LogP contribution is -2.46. The van der Waals surface area contributed by atoms with Crippen LogP contribution in [0.15, 0.2) is 18.2 Å². The molecule has 0 saturated carbocycles. The fourth-order valence-corrected chi connectivity index (χ4v) is 3.32. The summed E-state index contributed by atoms with van der Waals surface area (Å²) < 4.78 is 0. The Bertz CT molecular complexity index is 417. The zero-order valence-corrected chi connectivity index (χ0v) is 12.8. The van der Waals surface area contributed by atoms with Crippen LogP contribution in [0.5, 0.6) is 0 Å². The number of likely N-dealkylation sites (tertiary alicyclic amines) is 1. The van der Waals surface area contributed by atoms with Gasteiger partial charge in [-0.15, -0.1) is 0 Å². The largest absolute Gasteiger partial charge is 0.323 e. The van der Waals surface area contributed by atoms with Crippen LogP contribution in [0.1, 0.15) is 55.8 Å². The molecule has 1 aromatic rings. The number of benzene rings is 1. The average Bonchev–Trinajstić information content (AvgIpc) is 2.37. The Balaban J connectivity index is 2.11. The normalized spacial score (nSPS) is 26.4. The second-order valence-corrected chi connectivity index (χ2v) is 6.29. The Morgan fingerprint density at radius 1 is 1.21 bits per heavy atom. The molecule has 2 heteroatoms. The average molecular weight is 260 g/mol. The van der Waals surface area contributed by atoms with E-state index >= 15 is 0 Å².